The Labute approximate surface area is 156 Å². The summed E-state index contributed by atoms with van der Waals surface area (Å²) in [6, 6.07) is 14.6. The van der Waals surface area contributed by atoms with Gasteiger partial charge in [0.1, 0.15) is 11.8 Å². The highest BCUT2D eigenvalue weighted by Crippen LogP contribution is 2.33. The number of carbonyl (C=O) groups is 1. The summed E-state index contributed by atoms with van der Waals surface area (Å²) in [5.74, 6) is 0.385. The second-order valence-corrected chi connectivity index (χ2v) is 6.62. The molecule has 1 aliphatic heterocycles. The molecule has 0 spiro atoms. The Balaban J connectivity index is 1.66. The van der Waals surface area contributed by atoms with Crippen molar-refractivity contribution in [3.63, 3.8) is 0 Å². The van der Waals surface area contributed by atoms with Gasteiger partial charge in [-0.05, 0) is 42.7 Å². The van der Waals surface area contributed by atoms with Crippen molar-refractivity contribution in [3.8, 4) is 0 Å². The predicted molar refractivity (Wildman–Crippen MR) is 99.3 cm³/mol. The molecule has 0 bridgehead atoms. The van der Waals surface area contributed by atoms with Crippen molar-refractivity contribution in [2.45, 2.75) is 19.4 Å². The molecular weight excluding hydrogens is 359 g/mol. The van der Waals surface area contributed by atoms with Crippen LogP contribution in [-0.4, -0.2) is 12.5 Å². The van der Waals surface area contributed by atoms with Crippen molar-refractivity contribution >= 4 is 29.1 Å². The van der Waals surface area contributed by atoms with E-state index in [4.69, 9.17) is 28.0 Å². The van der Waals surface area contributed by atoms with E-state index in [0.29, 0.717) is 27.9 Å². The smallest absolute Gasteiger partial charge is 0.252 e. The molecule has 1 aliphatic rings. The normalized spacial score (nSPS) is 16.7. The largest absolute Gasteiger partial charge is 0.412 e. The molecule has 2 N–H and O–H groups in total. The fourth-order valence-electron chi connectivity index (χ4n) is 2.75. The highest BCUT2D eigenvalue weighted by Gasteiger charge is 2.32. The minimum atomic E-state index is -0.385. The first-order valence-corrected chi connectivity index (χ1v) is 8.72. The average molecular weight is 377 g/mol. The Morgan fingerprint density at radius 2 is 1.88 bits per heavy atom. The Morgan fingerprint density at radius 1 is 1.16 bits per heavy atom. The zero-order valence-corrected chi connectivity index (χ0v) is 15.2. The highest BCUT2D eigenvalue weighted by molar-refractivity contribution is 6.31. The Morgan fingerprint density at radius 3 is 2.60 bits per heavy atom. The molecule has 0 aromatic heterocycles. The number of hydrogen-bond donors (Lipinski definition) is 2. The zero-order chi connectivity index (χ0) is 17.8. The van der Waals surface area contributed by atoms with Crippen molar-refractivity contribution in [1.29, 1.82) is 0 Å². The van der Waals surface area contributed by atoms with Gasteiger partial charge in [0.2, 0.25) is 0 Å². The van der Waals surface area contributed by atoms with E-state index in [2.05, 4.69) is 10.8 Å². The van der Waals surface area contributed by atoms with E-state index >= 15 is 0 Å². The molecule has 25 heavy (non-hydrogen) atoms. The van der Waals surface area contributed by atoms with Crippen LogP contribution in [0.2, 0.25) is 10.0 Å². The van der Waals surface area contributed by atoms with Gasteiger partial charge in [0.05, 0.1) is 5.57 Å². The number of allylic oxidation sites excluding steroid dienone is 1. The van der Waals surface area contributed by atoms with Crippen molar-refractivity contribution < 1.29 is 9.63 Å². The summed E-state index contributed by atoms with van der Waals surface area (Å²) in [6.07, 6.45) is 0.723. The fraction of sp³-hybridized carbons (Fsp3) is 0.211. The first kappa shape index (κ1) is 17.8. The molecule has 6 heteroatoms. The topological polar surface area (TPSA) is 50.4 Å². The summed E-state index contributed by atoms with van der Waals surface area (Å²) in [7, 11) is 0. The molecule has 1 atom stereocenters. The summed E-state index contributed by atoms with van der Waals surface area (Å²) in [6.45, 7) is 2.28. The SMILES string of the molecule is CC1=C(C(=O)NCCc2ccc(Cl)cc2)[C@H](c2ccccc2Cl)NO1. The van der Waals surface area contributed by atoms with Gasteiger partial charge in [-0.1, -0.05) is 53.5 Å². The van der Waals surface area contributed by atoms with Gasteiger partial charge in [0.15, 0.2) is 0 Å². The molecule has 0 saturated heterocycles. The highest BCUT2D eigenvalue weighted by atomic mass is 35.5. The second-order valence-electron chi connectivity index (χ2n) is 5.78. The van der Waals surface area contributed by atoms with Crippen LogP contribution >= 0.6 is 23.2 Å². The third kappa shape index (κ3) is 4.15. The molecule has 1 amide bonds. The van der Waals surface area contributed by atoms with E-state index < -0.39 is 0 Å². The van der Waals surface area contributed by atoms with E-state index in [9.17, 15) is 4.79 Å². The number of carbonyl (C=O) groups excluding carboxylic acids is 1. The molecule has 0 unspecified atom stereocenters. The van der Waals surface area contributed by atoms with Crippen LogP contribution < -0.4 is 10.8 Å². The lowest BCUT2D eigenvalue weighted by Crippen LogP contribution is -2.30. The fourth-order valence-corrected chi connectivity index (χ4v) is 3.12. The standard InChI is InChI=1S/C19H18Cl2N2O2/c1-12-17(18(23-25-12)15-4-2-3-5-16(15)21)19(24)22-11-10-13-6-8-14(20)9-7-13/h2-9,18,23H,10-11H2,1H3,(H,22,24)/t18-/m0/s1. The van der Waals surface area contributed by atoms with Gasteiger partial charge in [0, 0.05) is 16.6 Å². The van der Waals surface area contributed by atoms with E-state index in [1.54, 1.807) is 13.0 Å². The third-order valence-electron chi connectivity index (χ3n) is 4.07. The van der Waals surface area contributed by atoms with Crippen LogP contribution in [0.4, 0.5) is 0 Å². The summed E-state index contributed by atoms with van der Waals surface area (Å²) < 4.78 is 0. The van der Waals surface area contributed by atoms with Crippen molar-refractivity contribution in [2.24, 2.45) is 0 Å². The maximum Gasteiger partial charge on any atom is 0.252 e. The van der Waals surface area contributed by atoms with E-state index in [0.717, 1.165) is 17.5 Å². The lowest BCUT2D eigenvalue weighted by atomic mass is 9.98. The average Bonchev–Trinajstić information content (AvgIpc) is 2.98. The maximum absolute atomic E-state index is 12.6. The van der Waals surface area contributed by atoms with Crippen LogP contribution in [-0.2, 0) is 16.1 Å². The monoisotopic (exact) mass is 376 g/mol. The quantitative estimate of drug-likeness (QED) is 0.821. The van der Waals surface area contributed by atoms with Gasteiger partial charge in [-0.3, -0.25) is 4.79 Å². The maximum atomic E-state index is 12.6. The number of hydrogen-bond acceptors (Lipinski definition) is 3. The van der Waals surface area contributed by atoms with Crippen LogP contribution in [0.3, 0.4) is 0 Å². The molecule has 130 valence electrons. The lowest BCUT2D eigenvalue weighted by molar-refractivity contribution is -0.117. The van der Waals surface area contributed by atoms with Crippen LogP contribution in [0.25, 0.3) is 0 Å². The van der Waals surface area contributed by atoms with Gasteiger partial charge in [0.25, 0.3) is 5.91 Å². The Bertz CT molecular complexity index is 803. The number of amides is 1. The van der Waals surface area contributed by atoms with Crippen LogP contribution in [0.5, 0.6) is 0 Å². The van der Waals surface area contributed by atoms with E-state index in [1.165, 1.54) is 0 Å². The number of hydroxylamine groups is 1. The summed E-state index contributed by atoms with van der Waals surface area (Å²) >= 11 is 12.1. The van der Waals surface area contributed by atoms with Gasteiger partial charge < -0.3 is 10.2 Å². The van der Waals surface area contributed by atoms with Gasteiger partial charge in [-0.2, -0.15) is 0 Å². The minimum Gasteiger partial charge on any atom is -0.412 e. The Hall–Kier alpha value is -2.01. The molecule has 0 saturated carbocycles. The van der Waals surface area contributed by atoms with Crippen LogP contribution in [0.1, 0.15) is 24.1 Å². The molecule has 0 radical (unpaired) electrons. The first-order chi connectivity index (χ1) is 12.1. The predicted octanol–water partition coefficient (Wildman–Crippen LogP) is 4.20. The van der Waals surface area contributed by atoms with Crippen molar-refractivity contribution in [3.05, 3.63) is 81.0 Å². The molecule has 3 rings (SSSR count). The molecule has 2 aromatic carbocycles. The lowest BCUT2D eigenvalue weighted by Gasteiger charge is -2.15. The van der Waals surface area contributed by atoms with Crippen LogP contribution in [0.15, 0.2) is 59.9 Å². The molecule has 2 aromatic rings. The molecule has 4 nitrogen and oxygen atoms in total. The summed E-state index contributed by atoms with van der Waals surface area (Å²) in [5.41, 5.74) is 5.34. The molecule has 0 aliphatic carbocycles. The molecular formula is C19H18Cl2N2O2. The van der Waals surface area contributed by atoms with E-state index in [-0.39, 0.29) is 11.9 Å². The zero-order valence-electron chi connectivity index (χ0n) is 13.7. The molecule has 0 fully saturated rings. The van der Waals surface area contributed by atoms with Gasteiger partial charge in [-0.15, -0.1) is 5.48 Å². The Kier molecular flexibility index (Phi) is 5.63. The van der Waals surface area contributed by atoms with Crippen LogP contribution in [0, 0.1) is 0 Å². The first-order valence-electron chi connectivity index (χ1n) is 7.96. The number of halogens is 2. The van der Waals surface area contributed by atoms with E-state index in [1.807, 2.05) is 42.5 Å². The van der Waals surface area contributed by atoms with Crippen molar-refractivity contribution in [1.82, 2.24) is 10.8 Å². The second kappa shape index (κ2) is 7.91. The number of nitrogens with one attached hydrogen (secondary N) is 2. The van der Waals surface area contributed by atoms with Gasteiger partial charge in [-0.25, -0.2) is 0 Å². The minimum absolute atomic E-state index is 0.165. The summed E-state index contributed by atoms with van der Waals surface area (Å²) in [5, 5.41) is 4.23. The number of rotatable bonds is 5. The van der Waals surface area contributed by atoms with Crippen molar-refractivity contribution in [2.75, 3.05) is 6.54 Å². The van der Waals surface area contributed by atoms with Gasteiger partial charge >= 0.3 is 0 Å². The third-order valence-corrected chi connectivity index (χ3v) is 4.67. The number of benzene rings is 2. The summed E-state index contributed by atoms with van der Waals surface area (Å²) in [4.78, 5) is 18.0. The molecule has 1 heterocycles.